The molecular weight excluding hydrogens is 384 g/mol. The molecule has 0 radical (unpaired) electrons. The van der Waals surface area contributed by atoms with E-state index in [1.165, 1.54) is 18.6 Å². The van der Waals surface area contributed by atoms with Crippen molar-refractivity contribution in [1.29, 1.82) is 0 Å². The van der Waals surface area contributed by atoms with Crippen molar-refractivity contribution in [2.45, 2.75) is 34.1 Å². The molecule has 0 aliphatic rings. The van der Waals surface area contributed by atoms with E-state index in [1.807, 2.05) is 26.8 Å². The summed E-state index contributed by atoms with van der Waals surface area (Å²) in [5.41, 5.74) is 4.18. The van der Waals surface area contributed by atoms with Crippen LogP contribution in [0.25, 0.3) is 0 Å². The maximum absolute atomic E-state index is 12.1. The monoisotopic (exact) mass is 412 g/mol. The molecule has 0 saturated carbocycles. The number of esters is 1. The van der Waals surface area contributed by atoms with Gasteiger partial charge in [-0.3, -0.25) is 9.59 Å². The van der Waals surface area contributed by atoms with Crippen molar-refractivity contribution in [2.24, 2.45) is 0 Å². The molecule has 2 aromatic rings. The zero-order valence-corrected chi connectivity index (χ0v) is 17.8. The molecular formula is C23H28N2O5. The van der Waals surface area contributed by atoms with E-state index in [-0.39, 0.29) is 24.0 Å². The van der Waals surface area contributed by atoms with Crippen LogP contribution in [-0.4, -0.2) is 37.5 Å². The number of nitrogens with one attached hydrogen (secondary N) is 2. The smallest absolute Gasteiger partial charge is 0.338 e. The summed E-state index contributed by atoms with van der Waals surface area (Å²) in [5.74, 6) is -0.402. The van der Waals surface area contributed by atoms with Crippen molar-refractivity contribution < 1.29 is 23.9 Å². The molecule has 0 aliphatic carbocycles. The van der Waals surface area contributed by atoms with Gasteiger partial charge in [0.2, 0.25) is 5.91 Å². The number of benzene rings is 2. The molecule has 0 aliphatic heterocycles. The van der Waals surface area contributed by atoms with Crippen LogP contribution >= 0.6 is 0 Å². The summed E-state index contributed by atoms with van der Waals surface area (Å²) in [4.78, 5) is 35.0. The van der Waals surface area contributed by atoms with Gasteiger partial charge in [0, 0.05) is 19.2 Å². The summed E-state index contributed by atoms with van der Waals surface area (Å²) >= 11 is 0. The number of hydrogen-bond acceptors (Lipinski definition) is 5. The molecule has 0 bridgehead atoms. The largest absolute Gasteiger partial charge is 0.493 e. The van der Waals surface area contributed by atoms with Crippen molar-refractivity contribution >= 4 is 23.5 Å². The van der Waals surface area contributed by atoms with Gasteiger partial charge in [0.25, 0.3) is 5.91 Å². The lowest BCUT2D eigenvalue weighted by Crippen LogP contribution is -2.30. The first kappa shape index (κ1) is 22.9. The first-order chi connectivity index (χ1) is 14.3. The number of hydrogen-bond donors (Lipinski definition) is 2. The third-order valence-electron chi connectivity index (χ3n) is 4.42. The Morgan fingerprint density at radius 1 is 1.03 bits per heavy atom. The Balaban J connectivity index is 1.69. The maximum atomic E-state index is 12.1. The molecule has 0 fully saturated rings. The van der Waals surface area contributed by atoms with E-state index in [1.54, 1.807) is 18.2 Å². The average molecular weight is 412 g/mol. The Bertz CT molecular complexity index is 924. The predicted molar refractivity (Wildman–Crippen MR) is 115 cm³/mol. The lowest BCUT2D eigenvalue weighted by atomic mass is 10.1. The van der Waals surface area contributed by atoms with Crippen molar-refractivity contribution in [2.75, 3.05) is 25.1 Å². The highest BCUT2D eigenvalue weighted by atomic mass is 16.5. The number of amides is 2. The molecule has 0 heterocycles. The molecule has 0 aromatic heterocycles. The van der Waals surface area contributed by atoms with Gasteiger partial charge in [-0.1, -0.05) is 12.1 Å². The quantitative estimate of drug-likeness (QED) is 0.487. The van der Waals surface area contributed by atoms with Gasteiger partial charge < -0.3 is 20.1 Å². The van der Waals surface area contributed by atoms with Crippen LogP contribution in [0, 0.1) is 20.8 Å². The highest BCUT2D eigenvalue weighted by Gasteiger charge is 2.11. The molecule has 0 saturated heterocycles. The third-order valence-corrected chi connectivity index (χ3v) is 4.42. The first-order valence-corrected chi connectivity index (χ1v) is 9.78. The van der Waals surface area contributed by atoms with Crippen LogP contribution in [0.2, 0.25) is 0 Å². The molecule has 0 unspecified atom stereocenters. The van der Waals surface area contributed by atoms with Gasteiger partial charge in [-0.25, -0.2) is 4.79 Å². The lowest BCUT2D eigenvalue weighted by Gasteiger charge is -2.12. The van der Waals surface area contributed by atoms with Gasteiger partial charge in [-0.15, -0.1) is 0 Å². The fraction of sp³-hybridized carbons (Fsp3) is 0.348. The Labute approximate surface area is 176 Å². The van der Waals surface area contributed by atoms with Gasteiger partial charge in [0.1, 0.15) is 5.75 Å². The van der Waals surface area contributed by atoms with Gasteiger partial charge in [-0.05, 0) is 68.1 Å². The summed E-state index contributed by atoms with van der Waals surface area (Å²) in [6.07, 6.45) is 0.630. The van der Waals surface area contributed by atoms with Crippen LogP contribution in [0.1, 0.15) is 40.4 Å². The molecule has 7 nitrogen and oxygen atoms in total. The van der Waals surface area contributed by atoms with Crippen LogP contribution < -0.4 is 15.4 Å². The summed E-state index contributed by atoms with van der Waals surface area (Å²) in [6, 6.07) is 10.4. The molecule has 2 rings (SSSR count). The SMILES string of the molecule is CC(=O)Nc1cccc(C(=O)OCC(=O)NCCCOc2cc(C)cc(C)c2C)c1. The number of anilines is 1. The van der Waals surface area contributed by atoms with Gasteiger partial charge in [0.05, 0.1) is 12.2 Å². The zero-order chi connectivity index (χ0) is 22.1. The van der Waals surface area contributed by atoms with E-state index in [0.717, 1.165) is 16.9 Å². The molecule has 30 heavy (non-hydrogen) atoms. The standard InChI is InChI=1S/C23H28N2O5/c1-15-11-16(2)17(3)21(12-15)29-10-6-9-24-22(27)14-30-23(28)19-7-5-8-20(13-19)25-18(4)26/h5,7-8,11-13H,6,9-10,14H2,1-4H3,(H,24,27)(H,25,26). The fourth-order valence-electron chi connectivity index (χ4n) is 2.83. The summed E-state index contributed by atoms with van der Waals surface area (Å²) in [7, 11) is 0. The Kier molecular flexibility index (Phi) is 8.41. The van der Waals surface area contributed by atoms with Gasteiger partial charge in [0.15, 0.2) is 6.61 Å². The normalized spacial score (nSPS) is 10.3. The van der Waals surface area contributed by atoms with Crippen LogP contribution in [0.4, 0.5) is 5.69 Å². The highest BCUT2D eigenvalue weighted by Crippen LogP contribution is 2.23. The van der Waals surface area contributed by atoms with E-state index in [4.69, 9.17) is 9.47 Å². The molecule has 7 heteroatoms. The highest BCUT2D eigenvalue weighted by molar-refractivity contribution is 5.94. The molecule has 2 amide bonds. The predicted octanol–water partition coefficient (Wildman–Crippen LogP) is 3.31. The minimum absolute atomic E-state index is 0.239. The second-order valence-electron chi connectivity index (χ2n) is 7.10. The number of aryl methyl sites for hydroxylation is 2. The Morgan fingerprint density at radius 2 is 1.80 bits per heavy atom. The van der Waals surface area contributed by atoms with E-state index in [2.05, 4.69) is 16.7 Å². The lowest BCUT2D eigenvalue weighted by molar-refractivity contribution is -0.124. The van der Waals surface area contributed by atoms with Crippen LogP contribution in [-0.2, 0) is 14.3 Å². The summed E-state index contributed by atoms with van der Waals surface area (Å²) in [6.45, 7) is 7.98. The zero-order valence-electron chi connectivity index (χ0n) is 17.8. The molecule has 0 spiro atoms. The molecule has 2 N–H and O–H groups in total. The number of carbonyl (C=O) groups excluding carboxylic acids is 3. The van der Waals surface area contributed by atoms with Gasteiger partial charge in [-0.2, -0.15) is 0 Å². The van der Waals surface area contributed by atoms with E-state index in [9.17, 15) is 14.4 Å². The number of ether oxygens (including phenoxy) is 2. The van der Waals surface area contributed by atoms with E-state index >= 15 is 0 Å². The van der Waals surface area contributed by atoms with E-state index < -0.39 is 5.97 Å². The maximum Gasteiger partial charge on any atom is 0.338 e. The van der Waals surface area contributed by atoms with Crippen LogP contribution in [0.15, 0.2) is 36.4 Å². The van der Waals surface area contributed by atoms with Crippen molar-refractivity contribution in [3.63, 3.8) is 0 Å². The molecule has 0 atom stereocenters. The van der Waals surface area contributed by atoms with Crippen molar-refractivity contribution in [1.82, 2.24) is 5.32 Å². The van der Waals surface area contributed by atoms with Crippen LogP contribution in [0.3, 0.4) is 0 Å². The molecule has 160 valence electrons. The number of rotatable bonds is 9. The van der Waals surface area contributed by atoms with Crippen molar-refractivity contribution in [3.8, 4) is 5.75 Å². The summed E-state index contributed by atoms with van der Waals surface area (Å²) in [5, 5.41) is 5.29. The average Bonchev–Trinajstić information content (AvgIpc) is 2.69. The Hall–Kier alpha value is -3.35. The summed E-state index contributed by atoms with van der Waals surface area (Å²) < 4.78 is 10.8. The topological polar surface area (TPSA) is 93.7 Å². The second kappa shape index (κ2) is 11.0. The van der Waals surface area contributed by atoms with Gasteiger partial charge >= 0.3 is 5.97 Å². The van der Waals surface area contributed by atoms with Crippen molar-refractivity contribution in [3.05, 3.63) is 58.7 Å². The minimum Gasteiger partial charge on any atom is -0.493 e. The Morgan fingerprint density at radius 3 is 2.53 bits per heavy atom. The first-order valence-electron chi connectivity index (χ1n) is 9.78. The molecule has 2 aromatic carbocycles. The third kappa shape index (κ3) is 7.24. The van der Waals surface area contributed by atoms with Crippen LogP contribution in [0.5, 0.6) is 5.75 Å². The number of carbonyl (C=O) groups is 3. The minimum atomic E-state index is -0.633. The fourth-order valence-corrected chi connectivity index (χ4v) is 2.83. The van der Waals surface area contributed by atoms with E-state index in [0.29, 0.717) is 25.3 Å². The second-order valence-corrected chi connectivity index (χ2v) is 7.10.